The standard InChI is InChI=1S/C25H37ClN4/c1-6-21-23(7-2)30-24-16-20(12-13-22(24)25(21)26)19(5)29-15-9-8-14-28-18(4)11-10-17(3)27/h12-13,16-17,28-29H,4-11,14-15,27H2,1-3H3. The van der Waals surface area contributed by atoms with Gasteiger partial charge in [-0.2, -0.15) is 0 Å². The number of halogens is 1. The van der Waals surface area contributed by atoms with Gasteiger partial charge in [0.1, 0.15) is 0 Å². The van der Waals surface area contributed by atoms with Crippen LogP contribution in [0.15, 0.2) is 37.1 Å². The van der Waals surface area contributed by atoms with Gasteiger partial charge < -0.3 is 16.4 Å². The van der Waals surface area contributed by atoms with Crippen molar-refractivity contribution in [1.82, 2.24) is 15.6 Å². The van der Waals surface area contributed by atoms with Crippen LogP contribution in [0.5, 0.6) is 0 Å². The van der Waals surface area contributed by atoms with Gasteiger partial charge in [0.05, 0.1) is 10.5 Å². The summed E-state index contributed by atoms with van der Waals surface area (Å²) < 4.78 is 0. The lowest BCUT2D eigenvalue weighted by Gasteiger charge is -2.14. The highest BCUT2D eigenvalue weighted by Gasteiger charge is 2.12. The molecule has 0 aliphatic heterocycles. The summed E-state index contributed by atoms with van der Waals surface area (Å²) >= 11 is 6.65. The van der Waals surface area contributed by atoms with E-state index in [4.69, 9.17) is 22.3 Å². The molecule has 1 aromatic heterocycles. The number of unbranched alkanes of at least 4 members (excludes halogenated alkanes) is 1. The first-order valence-corrected chi connectivity index (χ1v) is 11.5. The number of nitrogens with one attached hydrogen (secondary N) is 2. The van der Waals surface area contributed by atoms with Gasteiger partial charge in [-0.15, -0.1) is 0 Å². The molecule has 0 aliphatic rings. The van der Waals surface area contributed by atoms with Gasteiger partial charge in [-0.25, -0.2) is 0 Å². The van der Waals surface area contributed by atoms with Gasteiger partial charge in [0.15, 0.2) is 0 Å². The van der Waals surface area contributed by atoms with Crippen molar-refractivity contribution in [3.8, 4) is 0 Å². The first-order chi connectivity index (χ1) is 14.4. The summed E-state index contributed by atoms with van der Waals surface area (Å²) in [6.07, 6.45) is 5.82. The van der Waals surface area contributed by atoms with Gasteiger partial charge in [-0.1, -0.05) is 50.7 Å². The Morgan fingerprint density at radius 2 is 1.83 bits per heavy atom. The second-order valence-electron chi connectivity index (χ2n) is 7.95. The second kappa shape index (κ2) is 12.0. The van der Waals surface area contributed by atoms with E-state index in [9.17, 15) is 0 Å². The van der Waals surface area contributed by atoms with Crippen LogP contribution in [0.1, 0.15) is 63.3 Å². The number of rotatable bonds is 13. The summed E-state index contributed by atoms with van der Waals surface area (Å²) in [7, 11) is 0. The molecule has 1 heterocycles. The highest BCUT2D eigenvalue weighted by Crippen LogP contribution is 2.30. The smallest absolute Gasteiger partial charge is 0.0727 e. The van der Waals surface area contributed by atoms with E-state index in [1.807, 2.05) is 6.92 Å². The van der Waals surface area contributed by atoms with Gasteiger partial charge in [0.25, 0.3) is 0 Å². The molecule has 1 aromatic carbocycles. The number of nitrogens with zero attached hydrogens (tertiary/aromatic N) is 1. The average Bonchev–Trinajstić information content (AvgIpc) is 2.73. The number of hydrogen-bond donors (Lipinski definition) is 3. The Bertz CT molecular complexity index is 873. The topological polar surface area (TPSA) is 63.0 Å². The summed E-state index contributed by atoms with van der Waals surface area (Å²) in [4.78, 5) is 4.85. The normalized spacial score (nSPS) is 12.0. The third kappa shape index (κ3) is 6.75. The molecule has 0 fully saturated rings. The maximum absolute atomic E-state index is 6.65. The fourth-order valence-electron chi connectivity index (χ4n) is 3.50. The zero-order valence-corrected chi connectivity index (χ0v) is 19.5. The van der Waals surface area contributed by atoms with Gasteiger partial charge in [0.2, 0.25) is 0 Å². The van der Waals surface area contributed by atoms with Crippen LogP contribution in [0.4, 0.5) is 0 Å². The van der Waals surface area contributed by atoms with E-state index < -0.39 is 0 Å². The minimum Gasteiger partial charge on any atom is -0.389 e. The van der Waals surface area contributed by atoms with Crippen LogP contribution in [-0.2, 0) is 12.8 Å². The molecule has 0 radical (unpaired) electrons. The molecule has 4 nitrogen and oxygen atoms in total. The van der Waals surface area contributed by atoms with E-state index in [0.717, 1.165) is 95.8 Å². The number of allylic oxidation sites excluding steroid dienone is 1. The number of hydrogen-bond acceptors (Lipinski definition) is 4. The fraction of sp³-hybridized carbons (Fsp3) is 0.480. The number of fused-ring (bicyclic) bond motifs is 1. The quantitative estimate of drug-likeness (QED) is 0.364. The van der Waals surface area contributed by atoms with Crippen molar-refractivity contribution in [2.45, 2.75) is 65.3 Å². The van der Waals surface area contributed by atoms with Crippen LogP contribution >= 0.6 is 11.6 Å². The SMILES string of the molecule is C=C(CCC(C)N)NCCCCNC(=C)c1ccc2c(Cl)c(CC)c(CC)nc2c1. The maximum atomic E-state index is 6.65. The van der Waals surface area contributed by atoms with Crippen LogP contribution in [0.25, 0.3) is 16.6 Å². The molecule has 0 amide bonds. The van der Waals surface area contributed by atoms with Crippen LogP contribution in [0.2, 0.25) is 5.02 Å². The monoisotopic (exact) mass is 428 g/mol. The molecule has 0 saturated heterocycles. The van der Waals surface area contributed by atoms with E-state index in [2.05, 4.69) is 55.8 Å². The third-order valence-electron chi connectivity index (χ3n) is 5.36. The van der Waals surface area contributed by atoms with Crippen molar-refractivity contribution in [2.24, 2.45) is 5.73 Å². The maximum Gasteiger partial charge on any atom is 0.0727 e. The molecule has 4 N–H and O–H groups in total. The highest BCUT2D eigenvalue weighted by molar-refractivity contribution is 6.36. The molecular formula is C25H37ClN4. The Kier molecular flexibility index (Phi) is 9.67. The molecule has 5 heteroatoms. The Labute approximate surface area is 187 Å². The second-order valence-corrected chi connectivity index (χ2v) is 8.33. The van der Waals surface area contributed by atoms with Gasteiger partial charge >= 0.3 is 0 Å². The first kappa shape index (κ1) is 24.2. The van der Waals surface area contributed by atoms with Gasteiger partial charge in [-0.05, 0) is 62.6 Å². The number of aromatic nitrogens is 1. The Morgan fingerprint density at radius 3 is 2.47 bits per heavy atom. The lowest BCUT2D eigenvalue weighted by molar-refractivity contribution is 0.610. The summed E-state index contributed by atoms with van der Waals surface area (Å²) in [5.41, 5.74) is 12.0. The van der Waals surface area contributed by atoms with E-state index in [-0.39, 0.29) is 6.04 Å². The first-order valence-electron chi connectivity index (χ1n) is 11.1. The Hall–Kier alpha value is -2.04. The highest BCUT2D eigenvalue weighted by atomic mass is 35.5. The zero-order valence-electron chi connectivity index (χ0n) is 18.8. The summed E-state index contributed by atoms with van der Waals surface area (Å²) in [6, 6.07) is 6.44. The van der Waals surface area contributed by atoms with Crippen molar-refractivity contribution < 1.29 is 0 Å². The van der Waals surface area contributed by atoms with Gasteiger partial charge in [-0.3, -0.25) is 4.98 Å². The van der Waals surface area contributed by atoms with E-state index in [1.165, 1.54) is 0 Å². The van der Waals surface area contributed by atoms with Crippen molar-refractivity contribution >= 4 is 28.2 Å². The van der Waals surface area contributed by atoms with E-state index in [0.29, 0.717) is 0 Å². The molecule has 1 unspecified atom stereocenters. The molecule has 164 valence electrons. The van der Waals surface area contributed by atoms with Gasteiger partial charge in [0, 0.05) is 41.6 Å². The number of nitrogens with two attached hydrogens (primary N) is 1. The average molecular weight is 429 g/mol. The van der Waals surface area contributed by atoms with Crippen LogP contribution in [-0.4, -0.2) is 24.1 Å². The van der Waals surface area contributed by atoms with Crippen LogP contribution < -0.4 is 16.4 Å². The largest absolute Gasteiger partial charge is 0.389 e. The van der Waals surface area contributed by atoms with Crippen molar-refractivity contribution in [1.29, 1.82) is 0 Å². The van der Waals surface area contributed by atoms with E-state index in [1.54, 1.807) is 0 Å². The molecule has 0 bridgehead atoms. The summed E-state index contributed by atoms with van der Waals surface area (Å²) in [5, 5.41) is 8.66. The molecule has 30 heavy (non-hydrogen) atoms. The molecule has 0 saturated carbocycles. The fourth-order valence-corrected chi connectivity index (χ4v) is 3.90. The molecule has 0 aliphatic carbocycles. The third-order valence-corrected chi connectivity index (χ3v) is 5.79. The number of pyridine rings is 1. The predicted molar refractivity (Wildman–Crippen MR) is 132 cm³/mol. The van der Waals surface area contributed by atoms with Crippen molar-refractivity contribution in [3.63, 3.8) is 0 Å². The molecule has 0 spiro atoms. The molecular weight excluding hydrogens is 392 g/mol. The lowest BCUT2D eigenvalue weighted by atomic mass is 10.0. The Morgan fingerprint density at radius 1 is 1.13 bits per heavy atom. The van der Waals surface area contributed by atoms with Crippen molar-refractivity contribution in [2.75, 3.05) is 13.1 Å². The van der Waals surface area contributed by atoms with Crippen LogP contribution in [0, 0.1) is 0 Å². The van der Waals surface area contributed by atoms with Crippen molar-refractivity contribution in [3.05, 3.63) is 58.9 Å². The summed E-state index contributed by atoms with van der Waals surface area (Å²) in [6.45, 7) is 16.3. The van der Waals surface area contributed by atoms with E-state index >= 15 is 0 Å². The molecule has 2 aromatic rings. The molecule has 1 atom stereocenters. The minimum atomic E-state index is 0.224. The zero-order chi connectivity index (χ0) is 22.1. The van der Waals surface area contributed by atoms with Crippen LogP contribution in [0.3, 0.4) is 0 Å². The molecule has 2 rings (SSSR count). The Balaban J connectivity index is 1.85. The lowest BCUT2D eigenvalue weighted by Crippen LogP contribution is -2.20. The number of aryl methyl sites for hydroxylation is 1. The number of benzene rings is 1. The summed E-state index contributed by atoms with van der Waals surface area (Å²) in [5.74, 6) is 0. The minimum absolute atomic E-state index is 0.224. The predicted octanol–water partition coefficient (Wildman–Crippen LogP) is 5.58.